The normalized spacial score (nSPS) is 21.0. The van der Waals surface area contributed by atoms with Crippen LogP contribution >= 0.6 is 0 Å². The summed E-state index contributed by atoms with van der Waals surface area (Å²) in [6, 6.07) is 14.8. The lowest BCUT2D eigenvalue weighted by Crippen LogP contribution is -2.49. The van der Waals surface area contributed by atoms with E-state index in [0.29, 0.717) is 12.1 Å². The number of nitrogens with one attached hydrogen (secondary N) is 1. The highest BCUT2D eigenvalue weighted by Crippen LogP contribution is 2.28. The van der Waals surface area contributed by atoms with Gasteiger partial charge in [0.1, 0.15) is 5.75 Å². The summed E-state index contributed by atoms with van der Waals surface area (Å²) in [6.07, 6.45) is 3.36. The minimum Gasteiger partial charge on any atom is -0.484 e. The molecule has 130 valence electrons. The number of aromatic amines is 1. The summed E-state index contributed by atoms with van der Waals surface area (Å²) in [6.45, 7) is 4.36. The van der Waals surface area contributed by atoms with Gasteiger partial charge in [0, 0.05) is 34.4 Å². The summed E-state index contributed by atoms with van der Waals surface area (Å²) in [5.41, 5.74) is 2.15. The summed E-state index contributed by atoms with van der Waals surface area (Å²) < 4.78 is 5.81. The molecule has 0 spiro atoms. The quantitative estimate of drug-likeness (QED) is 0.766. The first-order chi connectivity index (χ1) is 12.1. The molecular formula is C21H24N2O2. The molecule has 0 saturated carbocycles. The maximum Gasteiger partial charge on any atom is 0.260 e. The Labute approximate surface area is 147 Å². The molecule has 4 nitrogen and oxygen atoms in total. The van der Waals surface area contributed by atoms with E-state index >= 15 is 0 Å². The van der Waals surface area contributed by atoms with Crippen LogP contribution in [-0.4, -0.2) is 34.5 Å². The highest BCUT2D eigenvalue weighted by atomic mass is 16.5. The molecule has 1 amide bonds. The van der Waals surface area contributed by atoms with Crippen LogP contribution in [0.3, 0.4) is 0 Å². The van der Waals surface area contributed by atoms with Crippen molar-refractivity contribution < 1.29 is 9.53 Å². The molecule has 25 heavy (non-hydrogen) atoms. The van der Waals surface area contributed by atoms with Crippen molar-refractivity contribution in [1.29, 1.82) is 0 Å². The number of carbonyl (C=O) groups is 1. The summed E-state index contributed by atoms with van der Waals surface area (Å²) in [4.78, 5) is 18.0. The summed E-state index contributed by atoms with van der Waals surface area (Å²) in [5, 5.41) is 2.38. The molecule has 1 aromatic heterocycles. The SMILES string of the molecule is C[C@H]1CCC[C@H](C)N1C(=O)COc1ccc2c(c1)[nH]c1ccccc12. The molecule has 4 heteroatoms. The molecule has 0 radical (unpaired) electrons. The number of fused-ring (bicyclic) bond motifs is 3. The van der Waals surface area contributed by atoms with Gasteiger partial charge < -0.3 is 14.6 Å². The number of hydrogen-bond acceptors (Lipinski definition) is 2. The van der Waals surface area contributed by atoms with E-state index in [1.54, 1.807) is 0 Å². The second-order valence-electron chi connectivity index (χ2n) is 7.10. The second-order valence-corrected chi connectivity index (χ2v) is 7.10. The number of H-pyrrole nitrogens is 1. The Hall–Kier alpha value is -2.49. The fourth-order valence-electron chi connectivity index (χ4n) is 4.06. The van der Waals surface area contributed by atoms with E-state index in [1.165, 1.54) is 17.2 Å². The van der Waals surface area contributed by atoms with Gasteiger partial charge in [-0.15, -0.1) is 0 Å². The largest absolute Gasteiger partial charge is 0.484 e. The lowest BCUT2D eigenvalue weighted by Gasteiger charge is -2.38. The van der Waals surface area contributed by atoms with Gasteiger partial charge in [-0.3, -0.25) is 4.79 Å². The van der Waals surface area contributed by atoms with Gasteiger partial charge in [-0.25, -0.2) is 0 Å². The maximum atomic E-state index is 12.6. The fraction of sp³-hybridized carbons (Fsp3) is 0.381. The molecule has 1 fully saturated rings. The Bertz CT molecular complexity index is 905. The Kier molecular flexibility index (Phi) is 4.12. The van der Waals surface area contributed by atoms with Crippen LogP contribution < -0.4 is 4.74 Å². The molecule has 4 rings (SSSR count). The standard InChI is InChI=1S/C21H24N2O2/c1-14-6-5-7-15(2)23(14)21(24)13-25-16-10-11-18-17-8-3-4-9-19(17)22-20(18)12-16/h3-4,8-12,14-15,22H,5-7,13H2,1-2H3/t14-,15-/m0/s1. The van der Waals surface area contributed by atoms with Gasteiger partial charge >= 0.3 is 0 Å². The molecule has 1 aliphatic heterocycles. The van der Waals surface area contributed by atoms with Gasteiger partial charge in [0.15, 0.2) is 6.61 Å². The molecule has 1 saturated heterocycles. The van der Waals surface area contributed by atoms with Gasteiger partial charge in [0.25, 0.3) is 5.91 Å². The molecule has 3 aromatic rings. The Morgan fingerprint density at radius 2 is 1.80 bits per heavy atom. The van der Waals surface area contributed by atoms with Gasteiger partial charge in [-0.1, -0.05) is 18.2 Å². The van der Waals surface area contributed by atoms with Gasteiger partial charge in [0.05, 0.1) is 5.52 Å². The van der Waals surface area contributed by atoms with E-state index in [0.717, 1.165) is 29.6 Å². The molecule has 2 aromatic carbocycles. The van der Waals surface area contributed by atoms with Gasteiger partial charge in [-0.05, 0) is 51.3 Å². The van der Waals surface area contributed by atoms with Crippen molar-refractivity contribution in [3.8, 4) is 5.75 Å². The minimum atomic E-state index is 0.0800. The summed E-state index contributed by atoms with van der Waals surface area (Å²) in [7, 11) is 0. The van der Waals surface area contributed by atoms with E-state index in [2.05, 4.69) is 37.0 Å². The van der Waals surface area contributed by atoms with Crippen molar-refractivity contribution in [3.05, 3.63) is 42.5 Å². The number of likely N-dealkylation sites (tertiary alicyclic amines) is 1. The average Bonchev–Trinajstić information content (AvgIpc) is 2.97. The Morgan fingerprint density at radius 3 is 2.60 bits per heavy atom. The van der Waals surface area contributed by atoms with E-state index in [1.807, 2.05) is 29.2 Å². The third kappa shape index (κ3) is 2.97. The molecule has 1 N–H and O–H groups in total. The predicted molar refractivity (Wildman–Crippen MR) is 101 cm³/mol. The van der Waals surface area contributed by atoms with E-state index in [9.17, 15) is 4.79 Å². The van der Waals surface area contributed by atoms with E-state index < -0.39 is 0 Å². The van der Waals surface area contributed by atoms with Crippen molar-refractivity contribution in [2.24, 2.45) is 0 Å². The third-order valence-corrected chi connectivity index (χ3v) is 5.32. The number of hydrogen-bond donors (Lipinski definition) is 1. The van der Waals surface area contributed by atoms with Crippen LogP contribution in [0.1, 0.15) is 33.1 Å². The maximum absolute atomic E-state index is 12.6. The third-order valence-electron chi connectivity index (χ3n) is 5.32. The summed E-state index contributed by atoms with van der Waals surface area (Å²) in [5.74, 6) is 0.807. The van der Waals surface area contributed by atoms with Crippen molar-refractivity contribution >= 4 is 27.7 Å². The minimum absolute atomic E-state index is 0.0800. The van der Waals surface area contributed by atoms with E-state index in [-0.39, 0.29) is 12.5 Å². The zero-order chi connectivity index (χ0) is 17.4. The molecule has 2 atom stereocenters. The second kappa shape index (κ2) is 6.43. The molecule has 0 bridgehead atoms. The zero-order valence-electron chi connectivity index (χ0n) is 14.8. The first kappa shape index (κ1) is 16.0. The van der Waals surface area contributed by atoms with Crippen LogP contribution in [0.4, 0.5) is 0 Å². The highest BCUT2D eigenvalue weighted by Gasteiger charge is 2.28. The lowest BCUT2D eigenvalue weighted by molar-refractivity contribution is -0.139. The molecule has 0 unspecified atom stereocenters. The first-order valence-electron chi connectivity index (χ1n) is 9.08. The number of ether oxygens (including phenoxy) is 1. The number of benzene rings is 2. The lowest BCUT2D eigenvalue weighted by atomic mass is 9.97. The molecule has 0 aliphatic carbocycles. The molecule has 2 heterocycles. The number of carbonyl (C=O) groups excluding carboxylic acids is 1. The molecular weight excluding hydrogens is 312 g/mol. The number of piperidine rings is 1. The van der Waals surface area contributed by atoms with Crippen LogP contribution in [0.2, 0.25) is 0 Å². The fourth-order valence-corrected chi connectivity index (χ4v) is 4.06. The van der Waals surface area contributed by atoms with Gasteiger partial charge in [0.2, 0.25) is 0 Å². The molecule has 1 aliphatic rings. The van der Waals surface area contributed by atoms with Crippen LogP contribution in [0.15, 0.2) is 42.5 Å². The number of rotatable bonds is 3. The van der Waals surface area contributed by atoms with Crippen LogP contribution in [0.5, 0.6) is 5.75 Å². The number of aromatic nitrogens is 1. The smallest absolute Gasteiger partial charge is 0.260 e. The number of para-hydroxylation sites is 1. The van der Waals surface area contributed by atoms with Crippen LogP contribution in [0, 0.1) is 0 Å². The first-order valence-corrected chi connectivity index (χ1v) is 9.08. The Morgan fingerprint density at radius 1 is 1.08 bits per heavy atom. The summed E-state index contributed by atoms with van der Waals surface area (Å²) >= 11 is 0. The van der Waals surface area contributed by atoms with E-state index in [4.69, 9.17) is 4.74 Å². The van der Waals surface area contributed by atoms with Gasteiger partial charge in [-0.2, -0.15) is 0 Å². The zero-order valence-corrected chi connectivity index (χ0v) is 14.8. The van der Waals surface area contributed by atoms with Crippen molar-refractivity contribution in [1.82, 2.24) is 9.88 Å². The predicted octanol–water partition coefficient (Wildman–Crippen LogP) is 4.49. The van der Waals surface area contributed by atoms with Crippen LogP contribution in [-0.2, 0) is 4.79 Å². The number of nitrogens with zero attached hydrogens (tertiary/aromatic N) is 1. The van der Waals surface area contributed by atoms with Crippen LogP contribution in [0.25, 0.3) is 21.8 Å². The monoisotopic (exact) mass is 336 g/mol. The highest BCUT2D eigenvalue weighted by molar-refractivity contribution is 6.07. The van der Waals surface area contributed by atoms with Crippen molar-refractivity contribution in [2.45, 2.75) is 45.2 Å². The van der Waals surface area contributed by atoms with Crippen molar-refractivity contribution in [2.75, 3.05) is 6.61 Å². The average molecular weight is 336 g/mol. The van der Waals surface area contributed by atoms with Crippen molar-refractivity contribution in [3.63, 3.8) is 0 Å². The topological polar surface area (TPSA) is 45.3 Å². The Balaban J connectivity index is 1.51. The number of amides is 1.